The van der Waals surface area contributed by atoms with Gasteiger partial charge in [0.25, 0.3) is 0 Å². The molecule has 0 radical (unpaired) electrons. The molecule has 21 heavy (non-hydrogen) atoms. The summed E-state index contributed by atoms with van der Waals surface area (Å²) in [6.07, 6.45) is 5.61. The van der Waals surface area contributed by atoms with Crippen molar-refractivity contribution in [2.24, 2.45) is 7.05 Å². The summed E-state index contributed by atoms with van der Waals surface area (Å²) in [5.41, 5.74) is 3.01. The summed E-state index contributed by atoms with van der Waals surface area (Å²) in [6, 6.07) is 7.06. The van der Waals surface area contributed by atoms with Crippen molar-refractivity contribution in [1.82, 2.24) is 24.4 Å². The standard InChI is InChI=1S/C15H12FN5/c1-20-14-7-13(16)10(5-11(14)8-19-20)6-12-9-17-15-3-2-4-18-21(12)15/h2-5,7-9H,6H2,1H3. The molecular formula is C15H12FN5. The lowest BCUT2D eigenvalue weighted by molar-refractivity contribution is 0.613. The highest BCUT2D eigenvalue weighted by Gasteiger charge is 2.11. The molecule has 104 valence electrons. The summed E-state index contributed by atoms with van der Waals surface area (Å²) in [7, 11) is 1.80. The third-order valence-corrected chi connectivity index (χ3v) is 3.63. The van der Waals surface area contributed by atoms with E-state index in [1.54, 1.807) is 34.8 Å². The fourth-order valence-corrected chi connectivity index (χ4v) is 2.55. The molecular weight excluding hydrogens is 269 g/mol. The van der Waals surface area contributed by atoms with Crippen LogP contribution in [-0.4, -0.2) is 24.4 Å². The van der Waals surface area contributed by atoms with Crippen molar-refractivity contribution in [2.75, 3.05) is 0 Å². The van der Waals surface area contributed by atoms with Gasteiger partial charge in [0, 0.05) is 31.1 Å². The molecule has 0 fully saturated rings. The zero-order chi connectivity index (χ0) is 14.4. The van der Waals surface area contributed by atoms with Crippen molar-refractivity contribution in [3.63, 3.8) is 0 Å². The fourth-order valence-electron chi connectivity index (χ4n) is 2.55. The Balaban J connectivity index is 1.81. The first kappa shape index (κ1) is 12.0. The summed E-state index contributed by atoms with van der Waals surface area (Å²) < 4.78 is 17.7. The van der Waals surface area contributed by atoms with Gasteiger partial charge in [-0.2, -0.15) is 10.2 Å². The molecule has 5 nitrogen and oxygen atoms in total. The second kappa shape index (κ2) is 4.37. The lowest BCUT2D eigenvalue weighted by Crippen LogP contribution is -2.00. The predicted octanol–water partition coefficient (Wildman–Crippen LogP) is 2.35. The van der Waals surface area contributed by atoms with E-state index in [1.807, 2.05) is 18.2 Å². The van der Waals surface area contributed by atoms with Crippen LogP contribution < -0.4 is 0 Å². The quantitative estimate of drug-likeness (QED) is 0.566. The van der Waals surface area contributed by atoms with E-state index in [2.05, 4.69) is 15.2 Å². The van der Waals surface area contributed by atoms with E-state index < -0.39 is 0 Å². The molecule has 3 aromatic heterocycles. The third-order valence-electron chi connectivity index (χ3n) is 3.63. The first-order valence-electron chi connectivity index (χ1n) is 6.60. The molecule has 0 unspecified atom stereocenters. The van der Waals surface area contributed by atoms with Gasteiger partial charge in [0.2, 0.25) is 0 Å². The third kappa shape index (κ3) is 1.87. The minimum Gasteiger partial charge on any atom is -0.268 e. The molecule has 6 heteroatoms. The van der Waals surface area contributed by atoms with E-state index in [1.165, 1.54) is 6.07 Å². The maximum absolute atomic E-state index is 14.3. The van der Waals surface area contributed by atoms with Crippen LogP contribution in [0.25, 0.3) is 16.6 Å². The molecule has 0 bridgehead atoms. The van der Waals surface area contributed by atoms with Gasteiger partial charge in [0.1, 0.15) is 5.82 Å². The number of aromatic nitrogens is 5. The van der Waals surface area contributed by atoms with Crippen LogP contribution in [0, 0.1) is 5.82 Å². The minimum absolute atomic E-state index is 0.239. The molecule has 0 aliphatic heterocycles. The van der Waals surface area contributed by atoms with Gasteiger partial charge in [0.15, 0.2) is 5.65 Å². The molecule has 0 N–H and O–H groups in total. The average Bonchev–Trinajstić information content (AvgIpc) is 3.05. The largest absolute Gasteiger partial charge is 0.268 e. The topological polar surface area (TPSA) is 48.0 Å². The van der Waals surface area contributed by atoms with Gasteiger partial charge in [-0.05, 0) is 23.8 Å². The first-order chi connectivity index (χ1) is 10.2. The Hall–Kier alpha value is -2.76. The Bertz CT molecular complexity index is 953. The number of benzene rings is 1. The van der Waals surface area contributed by atoms with Gasteiger partial charge in [-0.15, -0.1) is 0 Å². The molecule has 0 aliphatic carbocycles. The minimum atomic E-state index is -0.239. The summed E-state index contributed by atoms with van der Waals surface area (Å²) in [5, 5.41) is 9.32. The number of nitrogens with zero attached hydrogens (tertiary/aromatic N) is 5. The Morgan fingerprint density at radius 3 is 3.00 bits per heavy atom. The molecule has 0 spiro atoms. The van der Waals surface area contributed by atoms with E-state index in [0.29, 0.717) is 12.0 Å². The van der Waals surface area contributed by atoms with E-state index in [0.717, 1.165) is 22.2 Å². The molecule has 0 atom stereocenters. The predicted molar refractivity (Wildman–Crippen MR) is 76.5 cm³/mol. The smallest absolute Gasteiger partial charge is 0.153 e. The maximum Gasteiger partial charge on any atom is 0.153 e. The van der Waals surface area contributed by atoms with Crippen LogP contribution in [-0.2, 0) is 13.5 Å². The zero-order valence-electron chi connectivity index (χ0n) is 11.4. The molecule has 0 aliphatic rings. The SMILES string of the molecule is Cn1ncc2cc(Cc3cnc4cccnn34)c(F)cc21. The van der Waals surface area contributed by atoms with Crippen LogP contribution >= 0.6 is 0 Å². The van der Waals surface area contributed by atoms with Crippen molar-refractivity contribution in [2.45, 2.75) is 6.42 Å². The summed E-state index contributed by atoms with van der Waals surface area (Å²) >= 11 is 0. The number of fused-ring (bicyclic) bond motifs is 2. The van der Waals surface area contributed by atoms with Gasteiger partial charge in [-0.25, -0.2) is 13.9 Å². The van der Waals surface area contributed by atoms with Gasteiger partial charge in [-0.1, -0.05) is 0 Å². The summed E-state index contributed by atoms with van der Waals surface area (Å²) in [4.78, 5) is 4.27. The van der Waals surface area contributed by atoms with Crippen LogP contribution in [0.4, 0.5) is 4.39 Å². The van der Waals surface area contributed by atoms with Crippen molar-refractivity contribution in [1.29, 1.82) is 0 Å². The number of rotatable bonds is 2. The maximum atomic E-state index is 14.3. The number of hydrogen-bond acceptors (Lipinski definition) is 3. The van der Waals surface area contributed by atoms with Crippen molar-refractivity contribution >= 4 is 16.6 Å². The number of aryl methyl sites for hydroxylation is 1. The fraction of sp³-hybridized carbons (Fsp3) is 0.133. The van der Waals surface area contributed by atoms with E-state index >= 15 is 0 Å². The lowest BCUT2D eigenvalue weighted by Gasteiger charge is -2.04. The zero-order valence-corrected chi connectivity index (χ0v) is 11.4. The van der Waals surface area contributed by atoms with Gasteiger partial charge >= 0.3 is 0 Å². The van der Waals surface area contributed by atoms with E-state index in [4.69, 9.17) is 0 Å². The number of imidazole rings is 1. The van der Waals surface area contributed by atoms with E-state index in [9.17, 15) is 4.39 Å². The highest BCUT2D eigenvalue weighted by atomic mass is 19.1. The van der Waals surface area contributed by atoms with Gasteiger partial charge in [0.05, 0.1) is 23.6 Å². The highest BCUT2D eigenvalue weighted by Crippen LogP contribution is 2.21. The van der Waals surface area contributed by atoms with Crippen LogP contribution in [0.3, 0.4) is 0 Å². The van der Waals surface area contributed by atoms with Gasteiger partial charge < -0.3 is 0 Å². The Morgan fingerprint density at radius 2 is 2.10 bits per heavy atom. The molecule has 0 amide bonds. The number of halogens is 1. The molecule has 3 heterocycles. The van der Waals surface area contributed by atoms with Crippen molar-refractivity contribution in [3.05, 3.63) is 59.9 Å². The highest BCUT2D eigenvalue weighted by molar-refractivity contribution is 5.79. The summed E-state index contributed by atoms with van der Waals surface area (Å²) in [5.74, 6) is -0.239. The van der Waals surface area contributed by atoms with Gasteiger partial charge in [-0.3, -0.25) is 4.68 Å². The van der Waals surface area contributed by atoms with Crippen LogP contribution in [0.5, 0.6) is 0 Å². The Kier molecular flexibility index (Phi) is 2.50. The monoisotopic (exact) mass is 281 g/mol. The number of hydrogen-bond donors (Lipinski definition) is 0. The molecule has 1 aromatic carbocycles. The Morgan fingerprint density at radius 1 is 1.19 bits per heavy atom. The second-order valence-corrected chi connectivity index (χ2v) is 4.99. The summed E-state index contributed by atoms with van der Waals surface area (Å²) in [6.45, 7) is 0. The normalized spacial score (nSPS) is 11.5. The van der Waals surface area contributed by atoms with Crippen LogP contribution in [0.15, 0.2) is 42.9 Å². The van der Waals surface area contributed by atoms with Crippen molar-refractivity contribution in [3.8, 4) is 0 Å². The first-order valence-corrected chi connectivity index (χ1v) is 6.60. The lowest BCUT2D eigenvalue weighted by atomic mass is 10.1. The average molecular weight is 281 g/mol. The molecule has 4 rings (SSSR count). The van der Waals surface area contributed by atoms with E-state index in [-0.39, 0.29) is 5.82 Å². The van der Waals surface area contributed by atoms with Crippen LogP contribution in [0.2, 0.25) is 0 Å². The van der Waals surface area contributed by atoms with Crippen LogP contribution in [0.1, 0.15) is 11.3 Å². The molecule has 0 saturated carbocycles. The molecule has 4 aromatic rings. The van der Waals surface area contributed by atoms with Crippen molar-refractivity contribution < 1.29 is 4.39 Å². The Labute approximate surface area is 119 Å². The second-order valence-electron chi connectivity index (χ2n) is 4.99. The molecule has 0 saturated heterocycles.